The highest BCUT2D eigenvalue weighted by Gasteiger charge is 2.37. The van der Waals surface area contributed by atoms with Crippen molar-refractivity contribution in [2.45, 2.75) is 63.8 Å². The standard InChI is InChI=1S/C31H41Cl2N3O2/c1-3-4-17-36(31(38)24-10-11-24)27-15-19-35(20-16-27)18-14-26(25-12-13-28(32)29(33)21-25)22-34(2)30(37)23-8-6-5-7-9-23/h5-9,12-13,21,24,26-27H,3-4,10-11,14-20,22H2,1-2H3. The van der Waals surface area contributed by atoms with Gasteiger partial charge in [0.2, 0.25) is 5.91 Å². The molecule has 1 aliphatic heterocycles. The first-order chi connectivity index (χ1) is 18.4. The molecule has 206 valence electrons. The number of hydrogen-bond acceptors (Lipinski definition) is 3. The van der Waals surface area contributed by atoms with Gasteiger partial charge in [-0.05, 0) is 74.9 Å². The molecule has 2 aromatic carbocycles. The fourth-order valence-corrected chi connectivity index (χ4v) is 5.81. The van der Waals surface area contributed by atoms with Gasteiger partial charge in [0, 0.05) is 56.7 Å². The highest BCUT2D eigenvalue weighted by molar-refractivity contribution is 6.42. The second-order valence-electron chi connectivity index (χ2n) is 10.9. The summed E-state index contributed by atoms with van der Waals surface area (Å²) in [5.41, 5.74) is 1.79. The zero-order chi connectivity index (χ0) is 27.1. The minimum atomic E-state index is 0.0176. The van der Waals surface area contributed by atoms with E-state index in [1.165, 1.54) is 0 Å². The van der Waals surface area contributed by atoms with Crippen molar-refractivity contribution in [1.29, 1.82) is 0 Å². The molecule has 0 aromatic heterocycles. The van der Waals surface area contributed by atoms with Crippen molar-refractivity contribution >= 4 is 35.0 Å². The smallest absolute Gasteiger partial charge is 0.253 e. The zero-order valence-corrected chi connectivity index (χ0v) is 24.3. The molecule has 1 saturated carbocycles. The average molecular weight is 559 g/mol. The summed E-state index contributed by atoms with van der Waals surface area (Å²) in [6.07, 6.45) is 7.31. The van der Waals surface area contributed by atoms with E-state index < -0.39 is 0 Å². The van der Waals surface area contributed by atoms with E-state index in [0.717, 1.165) is 76.7 Å². The van der Waals surface area contributed by atoms with E-state index in [1.54, 1.807) is 0 Å². The van der Waals surface area contributed by atoms with Crippen LogP contribution < -0.4 is 0 Å². The van der Waals surface area contributed by atoms with Crippen LogP contribution in [-0.2, 0) is 4.79 Å². The van der Waals surface area contributed by atoms with Gasteiger partial charge in [-0.2, -0.15) is 0 Å². The number of likely N-dealkylation sites (N-methyl/N-ethyl adjacent to an activating group) is 1. The lowest BCUT2D eigenvalue weighted by molar-refractivity contribution is -0.136. The summed E-state index contributed by atoms with van der Waals surface area (Å²) >= 11 is 12.6. The third-order valence-corrected chi connectivity index (χ3v) is 8.77. The van der Waals surface area contributed by atoms with Gasteiger partial charge < -0.3 is 14.7 Å². The van der Waals surface area contributed by atoms with E-state index in [9.17, 15) is 9.59 Å². The summed E-state index contributed by atoms with van der Waals surface area (Å²) in [4.78, 5) is 32.5. The van der Waals surface area contributed by atoms with Crippen molar-refractivity contribution in [2.75, 3.05) is 39.8 Å². The minimum absolute atomic E-state index is 0.0176. The van der Waals surface area contributed by atoms with Crippen LogP contribution in [0.3, 0.4) is 0 Å². The van der Waals surface area contributed by atoms with Crippen LogP contribution in [0.5, 0.6) is 0 Å². The molecule has 1 heterocycles. The second-order valence-corrected chi connectivity index (χ2v) is 11.8. The Morgan fingerprint density at radius 1 is 1.00 bits per heavy atom. The number of piperidine rings is 1. The molecule has 7 heteroatoms. The Hall–Kier alpha value is -2.08. The van der Waals surface area contributed by atoms with Crippen molar-refractivity contribution in [1.82, 2.24) is 14.7 Å². The summed E-state index contributed by atoms with van der Waals surface area (Å²) < 4.78 is 0. The molecule has 38 heavy (non-hydrogen) atoms. The van der Waals surface area contributed by atoms with Gasteiger partial charge in [-0.15, -0.1) is 0 Å². The van der Waals surface area contributed by atoms with Crippen molar-refractivity contribution in [3.63, 3.8) is 0 Å². The average Bonchev–Trinajstić information content (AvgIpc) is 3.79. The van der Waals surface area contributed by atoms with Gasteiger partial charge in [0.05, 0.1) is 10.0 Å². The molecule has 5 nitrogen and oxygen atoms in total. The van der Waals surface area contributed by atoms with Gasteiger partial charge >= 0.3 is 0 Å². The fraction of sp³-hybridized carbons (Fsp3) is 0.548. The van der Waals surface area contributed by atoms with E-state index in [4.69, 9.17) is 23.2 Å². The van der Waals surface area contributed by atoms with Gasteiger partial charge in [-0.1, -0.05) is 60.8 Å². The Labute approximate surface area is 238 Å². The minimum Gasteiger partial charge on any atom is -0.341 e. The van der Waals surface area contributed by atoms with Gasteiger partial charge in [-0.3, -0.25) is 9.59 Å². The first-order valence-corrected chi connectivity index (χ1v) is 14.9. The van der Waals surface area contributed by atoms with Crippen LogP contribution >= 0.6 is 23.2 Å². The summed E-state index contributed by atoms with van der Waals surface area (Å²) in [5.74, 6) is 0.830. The lowest BCUT2D eigenvalue weighted by Gasteiger charge is -2.39. The molecule has 2 aliphatic rings. The zero-order valence-electron chi connectivity index (χ0n) is 22.8. The van der Waals surface area contributed by atoms with E-state index >= 15 is 0 Å². The maximum atomic E-state index is 13.1. The number of amides is 2. The monoisotopic (exact) mass is 557 g/mol. The number of carbonyl (C=O) groups excluding carboxylic acids is 2. The quantitative estimate of drug-likeness (QED) is 0.290. The number of halogens is 2. The van der Waals surface area contributed by atoms with Crippen LogP contribution in [0.15, 0.2) is 48.5 Å². The van der Waals surface area contributed by atoms with Crippen LogP contribution in [0.4, 0.5) is 0 Å². The Morgan fingerprint density at radius 2 is 1.71 bits per heavy atom. The van der Waals surface area contributed by atoms with Gasteiger partial charge in [-0.25, -0.2) is 0 Å². The van der Waals surface area contributed by atoms with Gasteiger partial charge in [0.1, 0.15) is 0 Å². The van der Waals surface area contributed by atoms with E-state index in [-0.39, 0.29) is 17.7 Å². The van der Waals surface area contributed by atoms with Crippen LogP contribution in [0.2, 0.25) is 10.0 Å². The number of unbranched alkanes of at least 4 members (excludes halogenated alkanes) is 1. The Morgan fingerprint density at radius 3 is 2.34 bits per heavy atom. The molecule has 2 aromatic rings. The molecule has 0 spiro atoms. The molecule has 1 saturated heterocycles. The number of benzene rings is 2. The lowest BCUT2D eigenvalue weighted by Crippen LogP contribution is -2.48. The Kier molecular flexibility index (Phi) is 10.5. The number of carbonyl (C=O) groups is 2. The molecule has 4 rings (SSSR count). The summed E-state index contributed by atoms with van der Waals surface area (Å²) in [6, 6.07) is 15.6. The van der Waals surface area contributed by atoms with E-state index in [1.807, 2.05) is 60.5 Å². The molecule has 0 N–H and O–H groups in total. The van der Waals surface area contributed by atoms with Crippen LogP contribution in [-0.4, -0.2) is 72.3 Å². The molecule has 1 unspecified atom stereocenters. The predicted molar refractivity (Wildman–Crippen MR) is 156 cm³/mol. The molecular weight excluding hydrogens is 517 g/mol. The van der Waals surface area contributed by atoms with Gasteiger partial charge in [0.15, 0.2) is 0 Å². The summed E-state index contributed by atoms with van der Waals surface area (Å²) in [6.45, 7) is 6.63. The third-order valence-electron chi connectivity index (χ3n) is 8.03. The fourth-order valence-electron chi connectivity index (χ4n) is 5.50. The molecule has 0 radical (unpaired) electrons. The molecule has 2 fully saturated rings. The SMILES string of the molecule is CCCCN(C(=O)C1CC1)C1CCN(CCC(CN(C)C(=O)c2ccccc2)c2ccc(Cl)c(Cl)c2)CC1. The molecule has 1 atom stereocenters. The normalized spacial score (nSPS) is 17.3. The van der Waals surface area contributed by atoms with Crippen LogP contribution in [0.1, 0.15) is 73.7 Å². The number of hydrogen-bond donors (Lipinski definition) is 0. The summed E-state index contributed by atoms with van der Waals surface area (Å²) in [7, 11) is 1.87. The first kappa shape index (κ1) is 28.9. The second kappa shape index (κ2) is 13.8. The topological polar surface area (TPSA) is 43.9 Å². The van der Waals surface area contributed by atoms with E-state index in [0.29, 0.717) is 34.1 Å². The third kappa shape index (κ3) is 7.74. The van der Waals surface area contributed by atoms with Crippen molar-refractivity contribution in [3.8, 4) is 0 Å². The number of rotatable bonds is 12. The number of likely N-dealkylation sites (tertiary alicyclic amines) is 1. The molecule has 0 bridgehead atoms. The predicted octanol–water partition coefficient (Wildman–Crippen LogP) is 6.74. The largest absolute Gasteiger partial charge is 0.341 e. The highest BCUT2D eigenvalue weighted by atomic mass is 35.5. The van der Waals surface area contributed by atoms with E-state index in [2.05, 4.69) is 16.7 Å². The molecular formula is C31H41Cl2N3O2. The lowest BCUT2D eigenvalue weighted by atomic mass is 9.93. The van der Waals surface area contributed by atoms with Crippen LogP contribution in [0.25, 0.3) is 0 Å². The van der Waals surface area contributed by atoms with Gasteiger partial charge in [0.25, 0.3) is 5.91 Å². The maximum absolute atomic E-state index is 13.1. The van der Waals surface area contributed by atoms with Crippen molar-refractivity contribution in [2.24, 2.45) is 5.92 Å². The Bertz CT molecular complexity index is 1070. The highest BCUT2D eigenvalue weighted by Crippen LogP contribution is 2.33. The molecule has 1 aliphatic carbocycles. The Balaban J connectivity index is 1.37. The van der Waals surface area contributed by atoms with Crippen molar-refractivity contribution in [3.05, 3.63) is 69.7 Å². The van der Waals surface area contributed by atoms with Crippen LogP contribution in [0, 0.1) is 5.92 Å². The number of nitrogens with zero attached hydrogens (tertiary/aromatic N) is 3. The molecule has 2 amide bonds. The summed E-state index contributed by atoms with van der Waals surface area (Å²) in [5, 5.41) is 1.08. The van der Waals surface area contributed by atoms with Crippen molar-refractivity contribution < 1.29 is 9.59 Å². The first-order valence-electron chi connectivity index (χ1n) is 14.2. The maximum Gasteiger partial charge on any atom is 0.253 e.